The third-order valence-corrected chi connectivity index (χ3v) is 6.22. The van der Waals surface area contributed by atoms with E-state index in [0.717, 1.165) is 38.8 Å². The zero-order valence-electron chi connectivity index (χ0n) is 19.5. The molecule has 3 rings (SSSR count). The van der Waals surface area contributed by atoms with Crippen molar-refractivity contribution in [2.45, 2.75) is 76.1 Å². The molecule has 2 aliphatic heterocycles. The number of hydrogen-bond acceptors (Lipinski definition) is 7. The monoisotopic (exact) mass is 501 g/mol. The Morgan fingerprint density at radius 1 is 1.34 bits per heavy atom. The largest absolute Gasteiger partial charge is 0.462 e. The fraction of sp³-hybridized carbons (Fsp3) is 0.696. The number of aromatic nitrogens is 2. The van der Waals surface area contributed by atoms with Gasteiger partial charge in [0.05, 0.1) is 6.10 Å². The summed E-state index contributed by atoms with van der Waals surface area (Å²) in [6.07, 6.45) is 2.62. The van der Waals surface area contributed by atoms with Crippen molar-refractivity contribution in [3.63, 3.8) is 0 Å². The number of terminal acetylenes is 1. The first-order valence-electron chi connectivity index (χ1n) is 11.7. The predicted octanol–water partition coefficient (Wildman–Crippen LogP) is 2.06. The highest BCUT2D eigenvalue weighted by atomic mass is 19.4. The number of halogens is 3. The molecule has 9 nitrogen and oxygen atoms in total. The minimum Gasteiger partial charge on any atom is -0.462 e. The van der Waals surface area contributed by atoms with E-state index in [1.165, 1.54) is 0 Å². The van der Waals surface area contributed by atoms with Gasteiger partial charge in [-0.2, -0.15) is 13.2 Å². The molecule has 35 heavy (non-hydrogen) atoms. The van der Waals surface area contributed by atoms with E-state index < -0.39 is 47.4 Å². The quantitative estimate of drug-likeness (QED) is 0.297. The average molecular weight is 502 g/mol. The van der Waals surface area contributed by atoms with Crippen LogP contribution in [0, 0.1) is 12.3 Å². The fourth-order valence-corrected chi connectivity index (χ4v) is 4.44. The topological polar surface area (TPSA) is 103 Å². The lowest BCUT2D eigenvalue weighted by molar-refractivity contribution is -0.156. The molecule has 12 heteroatoms. The minimum atomic E-state index is -4.96. The number of ether oxygens (including phenoxy) is 3. The molecular formula is C23H30F3N3O6. The number of esters is 1. The summed E-state index contributed by atoms with van der Waals surface area (Å²) < 4.78 is 57.0. The Kier molecular flexibility index (Phi) is 9.15. The summed E-state index contributed by atoms with van der Waals surface area (Å²) in [6.45, 7) is 3.41. The number of H-pyrrole nitrogens is 1. The van der Waals surface area contributed by atoms with Gasteiger partial charge in [0.2, 0.25) is 0 Å². The molecule has 0 spiro atoms. The third kappa shape index (κ3) is 6.74. The van der Waals surface area contributed by atoms with Crippen molar-refractivity contribution < 1.29 is 32.2 Å². The number of carbonyl (C=O) groups excluding carboxylic acids is 1. The molecule has 1 N–H and O–H groups in total. The van der Waals surface area contributed by atoms with Gasteiger partial charge in [0, 0.05) is 12.6 Å². The molecule has 0 aromatic carbocycles. The lowest BCUT2D eigenvalue weighted by atomic mass is 10.1. The maximum absolute atomic E-state index is 13.2. The molecule has 2 fully saturated rings. The van der Waals surface area contributed by atoms with E-state index in [1.54, 1.807) is 4.98 Å². The van der Waals surface area contributed by atoms with Gasteiger partial charge in [-0.15, -0.1) is 6.42 Å². The van der Waals surface area contributed by atoms with Crippen LogP contribution in [0.4, 0.5) is 13.2 Å². The molecule has 0 bridgehead atoms. The second-order valence-corrected chi connectivity index (χ2v) is 8.66. The van der Waals surface area contributed by atoms with Gasteiger partial charge in [-0.1, -0.05) is 25.7 Å². The molecule has 2 saturated heterocycles. The van der Waals surface area contributed by atoms with Gasteiger partial charge in [-0.25, -0.2) is 4.79 Å². The first-order valence-corrected chi connectivity index (χ1v) is 11.7. The number of nitrogens with zero attached hydrogens (tertiary/aromatic N) is 2. The van der Waals surface area contributed by atoms with Crippen molar-refractivity contribution in [1.29, 1.82) is 0 Å². The van der Waals surface area contributed by atoms with Gasteiger partial charge in [-0.3, -0.25) is 24.0 Å². The van der Waals surface area contributed by atoms with Gasteiger partial charge in [-0.05, 0) is 32.4 Å². The lowest BCUT2D eigenvalue weighted by Gasteiger charge is -2.24. The summed E-state index contributed by atoms with van der Waals surface area (Å²) >= 11 is 0. The Morgan fingerprint density at radius 2 is 2.11 bits per heavy atom. The van der Waals surface area contributed by atoms with Crippen molar-refractivity contribution in [1.82, 2.24) is 14.5 Å². The van der Waals surface area contributed by atoms with E-state index >= 15 is 0 Å². The number of unbranched alkanes of at least 4 members (excludes halogenated alkanes) is 2. The summed E-state index contributed by atoms with van der Waals surface area (Å²) in [7, 11) is 0. The van der Waals surface area contributed by atoms with Crippen LogP contribution in [0.3, 0.4) is 0 Å². The van der Waals surface area contributed by atoms with Crippen molar-refractivity contribution in [2.75, 3.05) is 26.3 Å². The second kappa shape index (κ2) is 11.9. The molecular weight excluding hydrogens is 471 g/mol. The van der Waals surface area contributed by atoms with Crippen LogP contribution >= 0.6 is 0 Å². The van der Waals surface area contributed by atoms with E-state index in [2.05, 4.69) is 17.7 Å². The summed E-state index contributed by atoms with van der Waals surface area (Å²) in [6, 6.07) is -0.356. The van der Waals surface area contributed by atoms with Gasteiger partial charge in [0.25, 0.3) is 5.56 Å². The highest BCUT2D eigenvalue weighted by Gasteiger charge is 2.41. The van der Waals surface area contributed by atoms with E-state index in [1.807, 2.05) is 0 Å². The number of aromatic amines is 1. The van der Waals surface area contributed by atoms with Crippen LogP contribution in [0.1, 0.15) is 57.2 Å². The van der Waals surface area contributed by atoms with E-state index in [9.17, 15) is 27.6 Å². The summed E-state index contributed by atoms with van der Waals surface area (Å²) in [4.78, 5) is 40.3. The molecule has 1 aromatic rings. The SMILES string of the molecule is C#CCO[C@H]1C[C@H](n2cc(C(F)(F)F)c(=O)[nH]c2=O)O[C@@H]1COC(=O)[C@@H]1CCCN1CCCCC. The molecule has 194 valence electrons. The van der Waals surface area contributed by atoms with Crippen LogP contribution in [0.2, 0.25) is 0 Å². The van der Waals surface area contributed by atoms with Gasteiger partial charge in [0.1, 0.15) is 37.2 Å². The molecule has 3 heterocycles. The van der Waals surface area contributed by atoms with Crippen LogP contribution in [0.25, 0.3) is 0 Å². The zero-order chi connectivity index (χ0) is 25.6. The van der Waals surface area contributed by atoms with Gasteiger partial charge in [0.15, 0.2) is 0 Å². The highest BCUT2D eigenvalue weighted by Crippen LogP contribution is 2.32. The van der Waals surface area contributed by atoms with Crippen LogP contribution in [0.15, 0.2) is 15.8 Å². The van der Waals surface area contributed by atoms with Crippen LogP contribution < -0.4 is 11.2 Å². The van der Waals surface area contributed by atoms with Crippen LogP contribution in [0.5, 0.6) is 0 Å². The number of alkyl halides is 3. The van der Waals surface area contributed by atoms with E-state index in [0.29, 0.717) is 17.2 Å². The van der Waals surface area contributed by atoms with Crippen molar-refractivity contribution >= 4 is 5.97 Å². The molecule has 1 aromatic heterocycles. The van der Waals surface area contributed by atoms with Crippen LogP contribution in [-0.4, -0.2) is 65.0 Å². The van der Waals surface area contributed by atoms with Gasteiger partial charge >= 0.3 is 17.8 Å². The standard InChI is InChI=1S/C23H30F3N3O6/c1-3-5-6-9-28-10-7-8-16(28)21(31)34-14-18-17(33-11-4-2)12-19(35-18)29-13-15(23(24,25)26)20(30)27-22(29)32/h2,13,16-19H,3,5-12,14H2,1H3,(H,27,30,32)/t16-,17-,18+,19+/m0/s1. The first kappa shape index (κ1) is 27.0. The van der Waals surface area contributed by atoms with Crippen LogP contribution in [-0.2, 0) is 25.2 Å². The third-order valence-electron chi connectivity index (χ3n) is 6.22. The molecule has 0 amide bonds. The summed E-state index contributed by atoms with van der Waals surface area (Å²) in [5, 5.41) is 0. The Hall–Kier alpha value is -2.62. The molecule has 0 aliphatic carbocycles. The van der Waals surface area contributed by atoms with Gasteiger partial charge < -0.3 is 14.2 Å². The maximum Gasteiger partial charge on any atom is 0.423 e. The normalized spacial score (nSPS) is 25.0. The fourth-order valence-electron chi connectivity index (χ4n) is 4.44. The Labute approximate surface area is 200 Å². The van der Waals surface area contributed by atoms with Crippen molar-refractivity contribution in [2.24, 2.45) is 0 Å². The number of hydrogen-bond donors (Lipinski definition) is 1. The smallest absolute Gasteiger partial charge is 0.423 e. The highest BCUT2D eigenvalue weighted by molar-refractivity contribution is 5.76. The summed E-state index contributed by atoms with van der Waals surface area (Å²) in [5.41, 5.74) is -4.13. The first-order chi connectivity index (χ1) is 16.7. The Bertz CT molecular complexity index is 1030. The number of likely N-dealkylation sites (tertiary alicyclic amines) is 1. The molecule has 0 radical (unpaired) electrons. The zero-order valence-corrected chi connectivity index (χ0v) is 19.5. The average Bonchev–Trinajstić information content (AvgIpc) is 3.42. The Morgan fingerprint density at radius 3 is 2.80 bits per heavy atom. The second-order valence-electron chi connectivity index (χ2n) is 8.66. The maximum atomic E-state index is 13.2. The molecule has 0 saturated carbocycles. The van der Waals surface area contributed by atoms with Crippen molar-refractivity contribution in [3.05, 3.63) is 32.6 Å². The minimum absolute atomic E-state index is 0.0281. The summed E-state index contributed by atoms with van der Waals surface area (Å²) in [5.74, 6) is 1.90. The Balaban J connectivity index is 1.69. The lowest BCUT2D eigenvalue weighted by Crippen LogP contribution is -2.40. The molecule has 4 atom stereocenters. The van der Waals surface area contributed by atoms with E-state index in [4.69, 9.17) is 20.6 Å². The van der Waals surface area contributed by atoms with E-state index in [-0.39, 0.29) is 25.7 Å². The van der Waals surface area contributed by atoms with Crippen molar-refractivity contribution in [3.8, 4) is 12.3 Å². The molecule has 0 unspecified atom stereocenters. The predicted molar refractivity (Wildman–Crippen MR) is 119 cm³/mol. The number of carbonyl (C=O) groups is 1. The molecule has 2 aliphatic rings. The number of rotatable bonds is 10. The number of nitrogens with one attached hydrogen (secondary N) is 1.